The summed E-state index contributed by atoms with van der Waals surface area (Å²) in [5, 5.41) is 0.723. The van der Waals surface area contributed by atoms with Crippen molar-refractivity contribution in [2.75, 3.05) is 13.2 Å². The molecule has 1 aliphatic rings. The molecule has 1 aliphatic heterocycles. The molecule has 0 unspecified atom stereocenters. The lowest BCUT2D eigenvalue weighted by molar-refractivity contribution is -0.137. The number of hydrogen-bond donors (Lipinski definition) is 0. The SMILES string of the molecule is C[C@H]1CCCCN1C(=O)COC(=O)c1ccc(CSc2ccc(Cl)cc2)cc1. The molecular weight excluding hydrogens is 394 g/mol. The summed E-state index contributed by atoms with van der Waals surface area (Å²) in [6.07, 6.45) is 3.17. The molecule has 1 saturated heterocycles. The van der Waals surface area contributed by atoms with Crippen molar-refractivity contribution in [3.8, 4) is 0 Å². The standard InChI is InChI=1S/C22H24ClNO3S/c1-16-4-2-3-13-24(16)21(25)14-27-22(26)18-7-5-17(6-8-18)15-28-20-11-9-19(23)10-12-20/h5-12,16H,2-4,13-15H2,1H3/t16-/m0/s1. The molecule has 1 amide bonds. The molecule has 1 atom stereocenters. The number of halogens is 1. The zero-order valence-electron chi connectivity index (χ0n) is 15.9. The van der Waals surface area contributed by atoms with Gasteiger partial charge in [0.05, 0.1) is 5.56 Å². The summed E-state index contributed by atoms with van der Waals surface area (Å²) in [5.41, 5.74) is 1.56. The van der Waals surface area contributed by atoms with Crippen molar-refractivity contribution < 1.29 is 14.3 Å². The molecular formula is C22H24ClNO3S. The van der Waals surface area contributed by atoms with E-state index in [0.717, 1.165) is 47.0 Å². The van der Waals surface area contributed by atoms with E-state index in [0.29, 0.717) is 5.56 Å². The summed E-state index contributed by atoms with van der Waals surface area (Å²) in [6, 6.07) is 15.2. The van der Waals surface area contributed by atoms with E-state index in [-0.39, 0.29) is 18.6 Å². The average Bonchev–Trinajstić information content (AvgIpc) is 2.72. The Balaban J connectivity index is 1.47. The molecule has 0 bridgehead atoms. The minimum Gasteiger partial charge on any atom is -0.452 e. The van der Waals surface area contributed by atoms with Gasteiger partial charge in [0, 0.05) is 28.3 Å². The summed E-state index contributed by atoms with van der Waals surface area (Å²) >= 11 is 7.60. The van der Waals surface area contributed by atoms with Gasteiger partial charge >= 0.3 is 5.97 Å². The molecule has 0 aromatic heterocycles. The Hall–Kier alpha value is -1.98. The zero-order valence-corrected chi connectivity index (χ0v) is 17.5. The topological polar surface area (TPSA) is 46.6 Å². The van der Waals surface area contributed by atoms with Crippen LogP contribution in [0.3, 0.4) is 0 Å². The highest BCUT2D eigenvalue weighted by molar-refractivity contribution is 7.98. The quantitative estimate of drug-likeness (QED) is 0.479. The predicted molar refractivity (Wildman–Crippen MR) is 113 cm³/mol. The molecule has 28 heavy (non-hydrogen) atoms. The van der Waals surface area contributed by atoms with Crippen molar-refractivity contribution in [1.82, 2.24) is 4.90 Å². The van der Waals surface area contributed by atoms with Crippen LogP contribution in [-0.4, -0.2) is 36.0 Å². The molecule has 3 rings (SSSR count). The first-order valence-corrected chi connectivity index (χ1v) is 10.8. The van der Waals surface area contributed by atoms with Crippen LogP contribution in [0.1, 0.15) is 42.1 Å². The largest absolute Gasteiger partial charge is 0.452 e. The minimum absolute atomic E-state index is 0.114. The van der Waals surface area contributed by atoms with E-state index in [1.54, 1.807) is 23.9 Å². The molecule has 1 heterocycles. The molecule has 148 valence electrons. The Morgan fingerprint density at radius 3 is 2.50 bits per heavy atom. The summed E-state index contributed by atoms with van der Waals surface area (Å²) < 4.78 is 5.22. The van der Waals surface area contributed by atoms with E-state index in [1.807, 2.05) is 48.2 Å². The molecule has 6 heteroatoms. The first kappa shape index (κ1) is 20.7. The van der Waals surface area contributed by atoms with Gasteiger partial charge in [-0.05, 0) is 68.1 Å². The van der Waals surface area contributed by atoms with Crippen LogP contribution in [0.15, 0.2) is 53.4 Å². The van der Waals surface area contributed by atoms with Crippen LogP contribution in [0, 0.1) is 0 Å². The van der Waals surface area contributed by atoms with Gasteiger partial charge in [-0.1, -0.05) is 23.7 Å². The number of carbonyl (C=O) groups excluding carboxylic acids is 2. The maximum Gasteiger partial charge on any atom is 0.338 e. The van der Waals surface area contributed by atoms with E-state index >= 15 is 0 Å². The molecule has 2 aromatic rings. The van der Waals surface area contributed by atoms with Gasteiger partial charge in [0.25, 0.3) is 5.91 Å². The van der Waals surface area contributed by atoms with Gasteiger partial charge in [-0.3, -0.25) is 4.79 Å². The fourth-order valence-corrected chi connectivity index (χ4v) is 4.18. The highest BCUT2D eigenvalue weighted by atomic mass is 35.5. The van der Waals surface area contributed by atoms with Gasteiger partial charge in [0.15, 0.2) is 6.61 Å². The number of nitrogens with zero attached hydrogens (tertiary/aromatic N) is 1. The monoisotopic (exact) mass is 417 g/mol. The second-order valence-corrected chi connectivity index (χ2v) is 8.43. The maximum absolute atomic E-state index is 12.3. The fraction of sp³-hybridized carbons (Fsp3) is 0.364. The van der Waals surface area contributed by atoms with Crippen LogP contribution in [-0.2, 0) is 15.3 Å². The average molecular weight is 418 g/mol. The van der Waals surface area contributed by atoms with Gasteiger partial charge in [0.1, 0.15) is 0 Å². The molecule has 0 aliphatic carbocycles. The number of piperidine rings is 1. The Morgan fingerprint density at radius 1 is 1.11 bits per heavy atom. The summed E-state index contributed by atoms with van der Waals surface area (Å²) in [5.74, 6) is 0.217. The van der Waals surface area contributed by atoms with E-state index in [4.69, 9.17) is 16.3 Å². The Kier molecular flexibility index (Phi) is 7.40. The summed E-state index contributed by atoms with van der Waals surface area (Å²) in [4.78, 5) is 27.5. The predicted octanol–water partition coefficient (Wildman–Crippen LogP) is 5.19. The van der Waals surface area contributed by atoms with Crippen LogP contribution >= 0.6 is 23.4 Å². The van der Waals surface area contributed by atoms with Crippen LogP contribution < -0.4 is 0 Å². The smallest absolute Gasteiger partial charge is 0.338 e. The lowest BCUT2D eigenvalue weighted by atomic mass is 10.0. The number of esters is 1. The highest BCUT2D eigenvalue weighted by Gasteiger charge is 2.24. The third-order valence-corrected chi connectivity index (χ3v) is 6.19. The van der Waals surface area contributed by atoms with Crippen molar-refractivity contribution >= 4 is 35.2 Å². The number of ether oxygens (including phenoxy) is 1. The van der Waals surface area contributed by atoms with Gasteiger partial charge < -0.3 is 9.64 Å². The molecule has 2 aromatic carbocycles. The van der Waals surface area contributed by atoms with Crippen molar-refractivity contribution in [3.63, 3.8) is 0 Å². The molecule has 0 spiro atoms. The van der Waals surface area contributed by atoms with Gasteiger partial charge in [0.2, 0.25) is 0 Å². The van der Waals surface area contributed by atoms with E-state index in [1.165, 1.54) is 0 Å². The normalized spacial score (nSPS) is 16.6. The third kappa shape index (κ3) is 5.76. The van der Waals surface area contributed by atoms with E-state index in [2.05, 4.69) is 0 Å². The number of amides is 1. The molecule has 0 radical (unpaired) electrons. The van der Waals surface area contributed by atoms with Crippen LogP contribution in [0.5, 0.6) is 0 Å². The summed E-state index contributed by atoms with van der Waals surface area (Å²) in [7, 11) is 0. The third-order valence-electron chi connectivity index (χ3n) is 4.86. The molecule has 0 N–H and O–H groups in total. The summed E-state index contributed by atoms with van der Waals surface area (Å²) in [6.45, 7) is 2.59. The first-order valence-electron chi connectivity index (χ1n) is 9.47. The van der Waals surface area contributed by atoms with E-state index < -0.39 is 5.97 Å². The number of likely N-dealkylation sites (tertiary alicyclic amines) is 1. The van der Waals surface area contributed by atoms with Crippen molar-refractivity contribution in [1.29, 1.82) is 0 Å². The van der Waals surface area contributed by atoms with Crippen LogP contribution in [0.4, 0.5) is 0 Å². The van der Waals surface area contributed by atoms with Crippen molar-refractivity contribution in [2.45, 2.75) is 42.9 Å². The second kappa shape index (κ2) is 9.99. The number of rotatable bonds is 6. The van der Waals surface area contributed by atoms with E-state index in [9.17, 15) is 9.59 Å². The lowest BCUT2D eigenvalue weighted by Gasteiger charge is -2.33. The minimum atomic E-state index is -0.463. The second-order valence-electron chi connectivity index (χ2n) is 6.95. The maximum atomic E-state index is 12.3. The Bertz CT molecular complexity index is 808. The molecule has 0 saturated carbocycles. The molecule has 4 nitrogen and oxygen atoms in total. The van der Waals surface area contributed by atoms with Crippen LogP contribution in [0.25, 0.3) is 0 Å². The zero-order chi connectivity index (χ0) is 19.9. The van der Waals surface area contributed by atoms with Gasteiger partial charge in [-0.25, -0.2) is 4.79 Å². The number of hydrogen-bond acceptors (Lipinski definition) is 4. The Labute approximate surface area is 175 Å². The number of carbonyl (C=O) groups is 2. The van der Waals surface area contributed by atoms with Gasteiger partial charge in [-0.15, -0.1) is 11.8 Å². The van der Waals surface area contributed by atoms with Crippen molar-refractivity contribution in [2.24, 2.45) is 0 Å². The molecule has 1 fully saturated rings. The van der Waals surface area contributed by atoms with Crippen LogP contribution in [0.2, 0.25) is 5.02 Å². The lowest BCUT2D eigenvalue weighted by Crippen LogP contribution is -2.44. The Morgan fingerprint density at radius 2 is 1.82 bits per heavy atom. The number of benzene rings is 2. The number of thioether (sulfide) groups is 1. The fourth-order valence-electron chi connectivity index (χ4n) is 3.20. The highest BCUT2D eigenvalue weighted by Crippen LogP contribution is 2.24. The first-order chi connectivity index (χ1) is 13.5. The van der Waals surface area contributed by atoms with Crippen molar-refractivity contribution in [3.05, 3.63) is 64.7 Å². The van der Waals surface area contributed by atoms with Gasteiger partial charge in [-0.2, -0.15) is 0 Å².